The van der Waals surface area contributed by atoms with E-state index in [4.69, 9.17) is 11.6 Å². The summed E-state index contributed by atoms with van der Waals surface area (Å²) in [6.45, 7) is 1.52. The SMILES string of the molecule is O=C(C1CC1)N1CCN(S(=O)(=O)c2ccc(Br)cc2Cl)CC1. The van der Waals surface area contributed by atoms with Gasteiger partial charge in [-0.2, -0.15) is 4.31 Å². The first-order valence-electron chi connectivity index (χ1n) is 7.13. The lowest BCUT2D eigenvalue weighted by atomic mass is 10.3. The largest absolute Gasteiger partial charge is 0.340 e. The number of halogens is 2. The summed E-state index contributed by atoms with van der Waals surface area (Å²) in [5.74, 6) is 0.336. The quantitative estimate of drug-likeness (QED) is 0.773. The maximum Gasteiger partial charge on any atom is 0.244 e. The smallest absolute Gasteiger partial charge is 0.244 e. The number of rotatable bonds is 3. The number of hydrogen-bond acceptors (Lipinski definition) is 3. The Kier molecular flexibility index (Phi) is 4.51. The maximum atomic E-state index is 12.7. The van der Waals surface area contributed by atoms with Crippen LogP contribution in [-0.2, 0) is 14.8 Å². The number of piperazine rings is 1. The molecule has 1 heterocycles. The Labute approximate surface area is 143 Å². The van der Waals surface area contributed by atoms with E-state index >= 15 is 0 Å². The molecule has 0 bridgehead atoms. The molecule has 0 aromatic heterocycles. The maximum absolute atomic E-state index is 12.7. The highest BCUT2D eigenvalue weighted by Crippen LogP contribution is 2.32. The number of sulfonamides is 1. The van der Waals surface area contributed by atoms with Crippen LogP contribution in [0.3, 0.4) is 0 Å². The van der Waals surface area contributed by atoms with Crippen LogP contribution < -0.4 is 0 Å². The van der Waals surface area contributed by atoms with Crippen molar-refractivity contribution in [2.75, 3.05) is 26.2 Å². The summed E-state index contributed by atoms with van der Waals surface area (Å²) in [5.41, 5.74) is 0. The highest BCUT2D eigenvalue weighted by Gasteiger charge is 2.37. The van der Waals surface area contributed by atoms with E-state index in [0.29, 0.717) is 26.2 Å². The van der Waals surface area contributed by atoms with Gasteiger partial charge >= 0.3 is 0 Å². The van der Waals surface area contributed by atoms with E-state index in [2.05, 4.69) is 15.9 Å². The molecule has 2 fully saturated rings. The second kappa shape index (κ2) is 6.11. The van der Waals surface area contributed by atoms with Crippen LogP contribution in [-0.4, -0.2) is 49.7 Å². The minimum Gasteiger partial charge on any atom is -0.340 e. The van der Waals surface area contributed by atoms with E-state index in [1.807, 2.05) is 0 Å². The highest BCUT2D eigenvalue weighted by molar-refractivity contribution is 9.10. The van der Waals surface area contributed by atoms with Crippen LogP contribution in [0.2, 0.25) is 5.02 Å². The summed E-state index contributed by atoms with van der Waals surface area (Å²) < 4.78 is 27.5. The van der Waals surface area contributed by atoms with E-state index in [9.17, 15) is 13.2 Å². The average molecular weight is 408 g/mol. The first-order valence-corrected chi connectivity index (χ1v) is 9.74. The molecule has 1 aromatic carbocycles. The van der Waals surface area contributed by atoms with Crippen LogP contribution in [0, 0.1) is 5.92 Å². The van der Waals surface area contributed by atoms with E-state index in [0.717, 1.165) is 17.3 Å². The Morgan fingerprint density at radius 1 is 1.18 bits per heavy atom. The summed E-state index contributed by atoms with van der Waals surface area (Å²) in [7, 11) is -3.62. The van der Waals surface area contributed by atoms with Gasteiger partial charge in [-0.15, -0.1) is 0 Å². The Hall–Kier alpha value is -0.630. The van der Waals surface area contributed by atoms with Crippen molar-refractivity contribution in [3.8, 4) is 0 Å². The highest BCUT2D eigenvalue weighted by atomic mass is 79.9. The van der Waals surface area contributed by atoms with E-state index in [-0.39, 0.29) is 21.7 Å². The van der Waals surface area contributed by atoms with Crippen LogP contribution in [0.5, 0.6) is 0 Å². The Bertz CT molecular complexity index is 698. The molecule has 1 aromatic rings. The van der Waals surface area contributed by atoms with Gasteiger partial charge in [0.25, 0.3) is 0 Å². The molecule has 5 nitrogen and oxygen atoms in total. The third-order valence-electron chi connectivity index (χ3n) is 3.99. The van der Waals surface area contributed by atoms with Crippen molar-refractivity contribution in [1.82, 2.24) is 9.21 Å². The Balaban J connectivity index is 1.72. The fraction of sp³-hybridized carbons (Fsp3) is 0.500. The molecule has 0 radical (unpaired) electrons. The van der Waals surface area contributed by atoms with Gasteiger partial charge in [-0.25, -0.2) is 8.42 Å². The molecule has 3 rings (SSSR count). The molecule has 1 aliphatic heterocycles. The van der Waals surface area contributed by atoms with Crippen LogP contribution in [0.25, 0.3) is 0 Å². The summed E-state index contributed by atoms with van der Waals surface area (Å²) in [6, 6.07) is 4.73. The molecule has 0 spiro atoms. The van der Waals surface area contributed by atoms with Gasteiger partial charge in [0.2, 0.25) is 15.9 Å². The summed E-state index contributed by atoms with van der Waals surface area (Å²) >= 11 is 9.33. The third-order valence-corrected chi connectivity index (χ3v) is 6.86. The summed E-state index contributed by atoms with van der Waals surface area (Å²) in [4.78, 5) is 13.9. The van der Waals surface area contributed by atoms with E-state index in [1.54, 1.807) is 17.0 Å². The van der Waals surface area contributed by atoms with Crippen LogP contribution in [0.4, 0.5) is 0 Å². The molecular weight excluding hydrogens is 392 g/mol. The molecule has 0 N–H and O–H groups in total. The Morgan fingerprint density at radius 2 is 1.82 bits per heavy atom. The van der Waals surface area contributed by atoms with E-state index in [1.165, 1.54) is 10.4 Å². The minimum absolute atomic E-state index is 0.110. The second-order valence-electron chi connectivity index (χ2n) is 5.58. The normalized spacial score (nSPS) is 20.2. The van der Waals surface area contributed by atoms with Crippen LogP contribution in [0.15, 0.2) is 27.6 Å². The zero-order valence-corrected chi connectivity index (χ0v) is 15.0. The Morgan fingerprint density at radius 3 is 2.36 bits per heavy atom. The van der Waals surface area contributed by atoms with Crippen molar-refractivity contribution >= 4 is 43.5 Å². The van der Waals surface area contributed by atoms with Gasteiger partial charge in [0.1, 0.15) is 4.90 Å². The number of nitrogens with zero attached hydrogens (tertiary/aromatic N) is 2. The molecule has 1 aliphatic carbocycles. The van der Waals surface area contributed by atoms with Gasteiger partial charge in [-0.05, 0) is 31.0 Å². The number of hydrogen-bond donors (Lipinski definition) is 0. The predicted octanol–water partition coefficient (Wildman–Crippen LogP) is 2.35. The molecule has 0 atom stereocenters. The number of carbonyl (C=O) groups excluding carboxylic acids is 1. The van der Waals surface area contributed by atoms with Gasteiger partial charge < -0.3 is 4.90 Å². The third kappa shape index (κ3) is 3.18. The van der Waals surface area contributed by atoms with Crippen LogP contribution >= 0.6 is 27.5 Å². The molecule has 0 unspecified atom stereocenters. The number of benzene rings is 1. The van der Waals surface area contributed by atoms with Gasteiger partial charge in [-0.3, -0.25) is 4.79 Å². The molecule has 1 saturated carbocycles. The van der Waals surface area contributed by atoms with Crippen molar-refractivity contribution in [3.05, 3.63) is 27.7 Å². The molecule has 2 aliphatic rings. The zero-order chi connectivity index (χ0) is 15.9. The minimum atomic E-state index is -3.62. The topological polar surface area (TPSA) is 57.7 Å². The number of carbonyl (C=O) groups is 1. The molecule has 1 amide bonds. The summed E-state index contributed by atoms with van der Waals surface area (Å²) in [5, 5.41) is 0.200. The van der Waals surface area contributed by atoms with Gasteiger partial charge in [-0.1, -0.05) is 27.5 Å². The molecule has 22 heavy (non-hydrogen) atoms. The standard InChI is InChI=1S/C14H16BrClN2O3S/c15-11-3-4-13(12(16)9-11)22(20,21)18-7-5-17(6-8-18)14(19)10-1-2-10/h3-4,9-10H,1-2,5-8H2. The van der Waals surface area contributed by atoms with Crippen molar-refractivity contribution < 1.29 is 13.2 Å². The fourth-order valence-corrected chi connectivity index (χ4v) is 4.99. The molecular formula is C14H16BrClN2O3S. The van der Waals surface area contributed by atoms with Crippen molar-refractivity contribution in [3.63, 3.8) is 0 Å². The molecule has 1 saturated heterocycles. The van der Waals surface area contributed by atoms with Gasteiger partial charge in [0.05, 0.1) is 5.02 Å². The second-order valence-corrected chi connectivity index (χ2v) is 8.81. The summed E-state index contributed by atoms with van der Waals surface area (Å²) in [6.07, 6.45) is 1.93. The van der Waals surface area contributed by atoms with Crippen molar-refractivity contribution in [2.24, 2.45) is 5.92 Å². The van der Waals surface area contributed by atoms with Gasteiger partial charge in [0, 0.05) is 36.6 Å². The first-order chi connectivity index (χ1) is 10.4. The average Bonchev–Trinajstić information content (AvgIpc) is 3.31. The monoisotopic (exact) mass is 406 g/mol. The molecule has 120 valence electrons. The number of amides is 1. The van der Waals surface area contributed by atoms with Crippen molar-refractivity contribution in [2.45, 2.75) is 17.7 Å². The first kappa shape index (κ1) is 16.2. The zero-order valence-electron chi connectivity index (χ0n) is 11.8. The van der Waals surface area contributed by atoms with Crippen molar-refractivity contribution in [1.29, 1.82) is 0 Å². The molecule has 8 heteroatoms. The lowest BCUT2D eigenvalue weighted by molar-refractivity contribution is -0.133. The van der Waals surface area contributed by atoms with Gasteiger partial charge in [0.15, 0.2) is 0 Å². The lowest BCUT2D eigenvalue weighted by Gasteiger charge is -2.34. The predicted molar refractivity (Wildman–Crippen MR) is 87.2 cm³/mol. The fourth-order valence-electron chi connectivity index (χ4n) is 2.56. The van der Waals surface area contributed by atoms with E-state index < -0.39 is 10.0 Å². The van der Waals surface area contributed by atoms with Crippen LogP contribution in [0.1, 0.15) is 12.8 Å². The lowest BCUT2D eigenvalue weighted by Crippen LogP contribution is -2.50.